The predicted molar refractivity (Wildman–Crippen MR) is 141 cm³/mol. The molecule has 1 aromatic carbocycles. The first-order chi connectivity index (χ1) is 17.5. The highest BCUT2D eigenvalue weighted by Gasteiger charge is 2.28. The number of aromatic nitrogens is 1. The van der Waals surface area contributed by atoms with Crippen molar-refractivity contribution in [1.82, 2.24) is 15.2 Å². The van der Waals surface area contributed by atoms with Crippen molar-refractivity contribution in [2.75, 3.05) is 12.4 Å². The first-order valence-corrected chi connectivity index (χ1v) is 12.2. The number of furan rings is 1. The van der Waals surface area contributed by atoms with E-state index in [1.165, 1.54) is 6.08 Å². The highest BCUT2D eigenvalue weighted by Crippen LogP contribution is 2.26. The first-order valence-electron chi connectivity index (χ1n) is 12.2. The molecule has 4 rings (SSSR count). The van der Waals surface area contributed by atoms with E-state index in [0.717, 1.165) is 33.4 Å². The van der Waals surface area contributed by atoms with E-state index in [4.69, 9.17) is 9.15 Å². The Balaban J connectivity index is 1.39. The van der Waals surface area contributed by atoms with Crippen LogP contribution in [0.15, 0.2) is 47.0 Å². The zero-order chi connectivity index (χ0) is 26.7. The molecular formula is C28H32N4O5. The minimum Gasteiger partial charge on any atom is -0.459 e. The second-order valence-electron chi connectivity index (χ2n) is 10.2. The molecule has 0 unspecified atom stereocenters. The van der Waals surface area contributed by atoms with Crippen molar-refractivity contribution >= 4 is 40.8 Å². The molecule has 194 valence electrons. The van der Waals surface area contributed by atoms with E-state index in [0.29, 0.717) is 25.2 Å². The number of ether oxygens (including phenoxy) is 1. The van der Waals surface area contributed by atoms with Gasteiger partial charge >= 0.3 is 6.09 Å². The maximum absolute atomic E-state index is 12.7. The number of amides is 3. The van der Waals surface area contributed by atoms with E-state index >= 15 is 0 Å². The van der Waals surface area contributed by atoms with Crippen LogP contribution < -0.4 is 10.6 Å². The largest absolute Gasteiger partial charge is 0.459 e. The molecule has 9 nitrogen and oxygen atoms in total. The SMILES string of the molecule is Cc1c(CN(C)C(=O)/C=C/c2cnc3c(c2)CC[C@@H](NC(=O)OC(C)(C)C)C(=O)N3)oc2ccccc12. The lowest BCUT2D eigenvalue weighted by molar-refractivity contribution is -0.125. The van der Waals surface area contributed by atoms with Gasteiger partial charge in [-0.2, -0.15) is 0 Å². The van der Waals surface area contributed by atoms with E-state index in [1.54, 1.807) is 45.0 Å². The number of carbonyl (C=O) groups excluding carboxylic acids is 3. The Bertz CT molecular complexity index is 1370. The minimum atomic E-state index is -0.736. The average Bonchev–Trinajstić information content (AvgIpc) is 3.05. The third-order valence-corrected chi connectivity index (χ3v) is 6.06. The number of alkyl carbamates (subject to hydrolysis) is 1. The van der Waals surface area contributed by atoms with Crippen molar-refractivity contribution in [3.05, 3.63) is 65.1 Å². The summed E-state index contributed by atoms with van der Waals surface area (Å²) < 4.78 is 11.2. The van der Waals surface area contributed by atoms with Crippen LogP contribution in [0.5, 0.6) is 0 Å². The van der Waals surface area contributed by atoms with Crippen molar-refractivity contribution in [3.63, 3.8) is 0 Å². The summed E-state index contributed by atoms with van der Waals surface area (Å²) in [6, 6.07) is 8.94. The van der Waals surface area contributed by atoms with Gasteiger partial charge < -0.3 is 24.7 Å². The van der Waals surface area contributed by atoms with Crippen LogP contribution in [0, 0.1) is 6.92 Å². The molecule has 3 amide bonds. The number of benzene rings is 1. The van der Waals surface area contributed by atoms with Crippen molar-refractivity contribution in [3.8, 4) is 0 Å². The molecule has 2 aromatic heterocycles. The normalized spacial score (nSPS) is 15.7. The Labute approximate surface area is 215 Å². The number of hydrogen-bond acceptors (Lipinski definition) is 6. The highest BCUT2D eigenvalue weighted by molar-refractivity contribution is 5.97. The number of pyridine rings is 1. The molecule has 0 bridgehead atoms. The van der Waals surface area contributed by atoms with Gasteiger partial charge in [0.15, 0.2) is 0 Å². The van der Waals surface area contributed by atoms with E-state index in [9.17, 15) is 14.4 Å². The van der Waals surface area contributed by atoms with Gasteiger partial charge in [0.1, 0.15) is 28.8 Å². The molecule has 3 aromatic rings. The summed E-state index contributed by atoms with van der Waals surface area (Å²) in [5.41, 5.74) is 2.72. The summed E-state index contributed by atoms with van der Waals surface area (Å²) in [6.07, 6.45) is 5.04. The molecule has 37 heavy (non-hydrogen) atoms. The van der Waals surface area contributed by atoms with Crippen LogP contribution in [0.3, 0.4) is 0 Å². The lowest BCUT2D eigenvalue weighted by Crippen LogP contribution is -2.45. The number of para-hydroxylation sites is 1. The molecular weight excluding hydrogens is 472 g/mol. The summed E-state index contributed by atoms with van der Waals surface area (Å²) in [5, 5.41) is 6.43. The van der Waals surface area contributed by atoms with Crippen LogP contribution in [0.1, 0.15) is 49.6 Å². The number of anilines is 1. The van der Waals surface area contributed by atoms with E-state index in [-0.39, 0.29) is 11.8 Å². The fraction of sp³-hybridized carbons (Fsp3) is 0.357. The Morgan fingerprint density at radius 2 is 2.05 bits per heavy atom. The lowest BCUT2D eigenvalue weighted by Gasteiger charge is -2.22. The summed E-state index contributed by atoms with van der Waals surface area (Å²) in [4.78, 5) is 43.4. The fourth-order valence-corrected chi connectivity index (χ4v) is 4.11. The van der Waals surface area contributed by atoms with E-state index in [2.05, 4.69) is 15.6 Å². The van der Waals surface area contributed by atoms with Gasteiger partial charge in [-0.25, -0.2) is 9.78 Å². The first kappa shape index (κ1) is 25.9. The summed E-state index contributed by atoms with van der Waals surface area (Å²) >= 11 is 0. The van der Waals surface area contributed by atoms with Crippen LogP contribution in [0.25, 0.3) is 17.0 Å². The minimum absolute atomic E-state index is 0.176. The molecule has 0 spiro atoms. The molecule has 0 aliphatic carbocycles. The third-order valence-electron chi connectivity index (χ3n) is 6.06. The molecule has 0 radical (unpaired) electrons. The molecule has 0 saturated carbocycles. The molecule has 2 N–H and O–H groups in total. The lowest BCUT2D eigenvalue weighted by atomic mass is 10.1. The highest BCUT2D eigenvalue weighted by atomic mass is 16.6. The third kappa shape index (κ3) is 6.35. The number of aryl methyl sites for hydroxylation is 2. The van der Waals surface area contributed by atoms with Gasteiger partial charge in [0, 0.05) is 30.3 Å². The van der Waals surface area contributed by atoms with Crippen LogP contribution in [-0.4, -0.2) is 46.5 Å². The van der Waals surface area contributed by atoms with Crippen LogP contribution >= 0.6 is 0 Å². The Morgan fingerprint density at radius 3 is 2.78 bits per heavy atom. The standard InChI is InChI=1S/C28H32N4O5/c1-17-20-8-6-7-9-22(20)36-23(17)16-32(5)24(33)13-10-18-14-19-11-12-21(26(34)31-25(19)29-15-18)30-27(35)37-28(2,3)4/h6-10,13-15,21H,11-12,16H2,1-5H3,(H,30,35)(H,29,31,34)/b13-10+/t21-/m1/s1. The Kier molecular flexibility index (Phi) is 7.33. The molecule has 9 heteroatoms. The number of rotatable bonds is 5. The second-order valence-corrected chi connectivity index (χ2v) is 10.2. The topological polar surface area (TPSA) is 114 Å². The van der Waals surface area contributed by atoms with Gasteiger partial charge in [0.2, 0.25) is 11.8 Å². The number of hydrogen-bond donors (Lipinski definition) is 2. The number of carbonyl (C=O) groups is 3. The van der Waals surface area contributed by atoms with Gasteiger partial charge in [-0.3, -0.25) is 9.59 Å². The predicted octanol–water partition coefficient (Wildman–Crippen LogP) is 4.59. The summed E-state index contributed by atoms with van der Waals surface area (Å²) in [6.45, 7) is 7.62. The number of nitrogens with one attached hydrogen (secondary N) is 2. The number of likely N-dealkylation sites (N-methyl/N-ethyl adjacent to an activating group) is 1. The molecule has 1 atom stereocenters. The van der Waals surface area contributed by atoms with Crippen LogP contribution in [0.4, 0.5) is 10.6 Å². The van der Waals surface area contributed by atoms with Gasteiger partial charge in [-0.15, -0.1) is 0 Å². The maximum atomic E-state index is 12.7. The zero-order valence-electron chi connectivity index (χ0n) is 21.8. The van der Waals surface area contributed by atoms with Crippen LogP contribution in [0.2, 0.25) is 0 Å². The summed E-state index contributed by atoms with van der Waals surface area (Å²) in [7, 11) is 1.72. The van der Waals surface area contributed by atoms with Crippen molar-refractivity contribution in [2.45, 2.75) is 58.7 Å². The molecule has 0 saturated heterocycles. The number of fused-ring (bicyclic) bond motifs is 2. The van der Waals surface area contributed by atoms with Crippen molar-refractivity contribution < 1.29 is 23.5 Å². The Morgan fingerprint density at radius 1 is 1.30 bits per heavy atom. The molecule has 0 fully saturated rings. The van der Waals surface area contributed by atoms with E-state index < -0.39 is 17.7 Å². The molecule has 1 aliphatic rings. The smallest absolute Gasteiger partial charge is 0.408 e. The maximum Gasteiger partial charge on any atom is 0.408 e. The average molecular weight is 505 g/mol. The second kappa shape index (κ2) is 10.5. The van der Waals surface area contributed by atoms with Gasteiger partial charge in [-0.05, 0) is 69.9 Å². The van der Waals surface area contributed by atoms with Crippen LogP contribution in [-0.2, 0) is 27.3 Å². The van der Waals surface area contributed by atoms with Gasteiger partial charge in [0.05, 0.1) is 6.54 Å². The number of nitrogens with zero attached hydrogens (tertiary/aromatic N) is 2. The van der Waals surface area contributed by atoms with Gasteiger partial charge in [0.25, 0.3) is 0 Å². The molecule has 3 heterocycles. The Hall–Kier alpha value is -4.14. The monoisotopic (exact) mass is 504 g/mol. The van der Waals surface area contributed by atoms with Gasteiger partial charge in [-0.1, -0.05) is 18.2 Å². The van der Waals surface area contributed by atoms with Crippen molar-refractivity contribution in [1.29, 1.82) is 0 Å². The zero-order valence-corrected chi connectivity index (χ0v) is 21.8. The fourth-order valence-electron chi connectivity index (χ4n) is 4.11. The van der Waals surface area contributed by atoms with Crippen molar-refractivity contribution in [2.24, 2.45) is 0 Å². The van der Waals surface area contributed by atoms with E-state index in [1.807, 2.05) is 37.3 Å². The quantitative estimate of drug-likeness (QED) is 0.492. The summed E-state index contributed by atoms with van der Waals surface area (Å²) in [5.74, 6) is 0.671. The molecule has 1 aliphatic heterocycles.